The average molecular weight is 403 g/mol. The summed E-state index contributed by atoms with van der Waals surface area (Å²) in [6, 6.07) is 4.78. The van der Waals surface area contributed by atoms with Crippen LogP contribution in [0.5, 0.6) is 11.5 Å². The number of ether oxygens (including phenoxy) is 2. The van der Waals surface area contributed by atoms with Gasteiger partial charge in [-0.3, -0.25) is 9.55 Å². The number of nitrogens with zero attached hydrogens (tertiary/aromatic N) is 3. The fraction of sp³-hybridized carbons (Fsp3) is 0.316. The highest BCUT2D eigenvalue weighted by Crippen LogP contribution is 2.29. The van der Waals surface area contributed by atoms with E-state index >= 15 is 0 Å². The summed E-state index contributed by atoms with van der Waals surface area (Å²) in [6.45, 7) is 6.30. The van der Waals surface area contributed by atoms with Gasteiger partial charge in [0.15, 0.2) is 5.75 Å². The summed E-state index contributed by atoms with van der Waals surface area (Å²) in [6.07, 6.45) is 0.310. The molecule has 1 unspecified atom stereocenters. The zero-order valence-electron chi connectivity index (χ0n) is 16.1. The molecule has 0 amide bonds. The first-order valence-corrected chi connectivity index (χ1v) is 9.96. The van der Waals surface area contributed by atoms with Crippen molar-refractivity contribution in [3.63, 3.8) is 0 Å². The molecule has 148 valence electrons. The van der Waals surface area contributed by atoms with Gasteiger partial charge in [-0.1, -0.05) is 0 Å². The molecule has 3 aromatic rings. The van der Waals surface area contributed by atoms with Gasteiger partial charge in [0.05, 0.1) is 23.8 Å². The third kappa shape index (κ3) is 3.76. The largest absolute Gasteiger partial charge is 0.609 e. The van der Waals surface area contributed by atoms with Crippen LogP contribution in [-0.2, 0) is 23.5 Å². The van der Waals surface area contributed by atoms with E-state index in [1.165, 1.54) is 6.07 Å². The van der Waals surface area contributed by atoms with E-state index in [0.717, 1.165) is 22.4 Å². The van der Waals surface area contributed by atoms with Gasteiger partial charge in [0.25, 0.3) is 0 Å². The van der Waals surface area contributed by atoms with E-state index in [1.54, 1.807) is 25.4 Å². The number of hydrogen-bond donors (Lipinski definition) is 1. The van der Waals surface area contributed by atoms with E-state index < -0.39 is 17.3 Å². The number of fused-ring (bicyclic) bond motifs is 1. The maximum atomic E-state index is 13.1. The van der Waals surface area contributed by atoms with Crippen molar-refractivity contribution in [1.82, 2.24) is 14.5 Å². The van der Waals surface area contributed by atoms with Crippen LogP contribution >= 0.6 is 0 Å². The molecular formula is C19H21N3O5S. The monoisotopic (exact) mass is 403 g/mol. The van der Waals surface area contributed by atoms with Crippen molar-refractivity contribution in [2.75, 3.05) is 7.11 Å². The first-order chi connectivity index (χ1) is 13.3. The lowest BCUT2D eigenvalue weighted by molar-refractivity contribution is 0.144. The molecule has 0 bridgehead atoms. The van der Waals surface area contributed by atoms with Crippen LogP contribution in [0.15, 0.2) is 29.6 Å². The number of rotatable bonds is 6. The molecular weight excluding hydrogens is 382 g/mol. The Kier molecular flexibility index (Phi) is 5.76. The molecule has 2 heterocycles. The number of carboxylic acid groups (broad SMARTS) is 1. The van der Waals surface area contributed by atoms with Crippen molar-refractivity contribution in [3.05, 3.63) is 41.2 Å². The van der Waals surface area contributed by atoms with Crippen molar-refractivity contribution in [3.8, 4) is 11.5 Å². The molecule has 0 saturated heterocycles. The summed E-state index contributed by atoms with van der Waals surface area (Å²) in [4.78, 5) is 19.6. The number of pyridine rings is 1. The summed E-state index contributed by atoms with van der Waals surface area (Å²) in [5.74, 6) is 1.10. The minimum atomic E-state index is -1.45. The highest BCUT2D eigenvalue weighted by molar-refractivity contribution is 7.90. The van der Waals surface area contributed by atoms with Crippen molar-refractivity contribution in [1.29, 1.82) is 0 Å². The molecule has 28 heavy (non-hydrogen) atoms. The highest BCUT2D eigenvalue weighted by atomic mass is 32.2. The Balaban J connectivity index is 1.97. The van der Waals surface area contributed by atoms with Gasteiger partial charge in [-0.25, -0.2) is 4.79 Å². The van der Waals surface area contributed by atoms with Crippen LogP contribution in [-0.4, -0.2) is 37.5 Å². The second-order valence-corrected chi connectivity index (χ2v) is 7.54. The van der Waals surface area contributed by atoms with Gasteiger partial charge >= 0.3 is 11.3 Å². The van der Waals surface area contributed by atoms with E-state index in [4.69, 9.17) is 9.84 Å². The molecule has 8 nitrogen and oxygen atoms in total. The quantitative estimate of drug-likeness (QED) is 0.381. The van der Waals surface area contributed by atoms with Crippen LogP contribution < -0.4 is 9.47 Å². The van der Waals surface area contributed by atoms with Crippen molar-refractivity contribution >= 4 is 28.4 Å². The number of imidazole rings is 1. The molecule has 0 radical (unpaired) electrons. The molecule has 1 aromatic carbocycles. The number of benzene rings is 1. The third-order valence-corrected chi connectivity index (χ3v) is 5.68. The Labute approximate surface area is 165 Å². The predicted octanol–water partition coefficient (Wildman–Crippen LogP) is 3.44. The second kappa shape index (κ2) is 8.07. The third-order valence-electron chi connectivity index (χ3n) is 4.43. The molecule has 3 rings (SSSR count). The van der Waals surface area contributed by atoms with Gasteiger partial charge in [0.2, 0.25) is 0 Å². The lowest BCUT2D eigenvalue weighted by Crippen LogP contribution is -2.14. The molecule has 0 aliphatic rings. The molecule has 0 saturated carbocycles. The van der Waals surface area contributed by atoms with Gasteiger partial charge < -0.3 is 19.1 Å². The molecule has 9 heteroatoms. The number of aromatic nitrogens is 3. The minimum absolute atomic E-state index is 0.166. The first kappa shape index (κ1) is 20.0. The van der Waals surface area contributed by atoms with E-state index in [2.05, 4.69) is 14.7 Å². The Morgan fingerprint density at radius 2 is 2.11 bits per heavy atom. The first-order valence-electron chi connectivity index (χ1n) is 8.64. The molecule has 0 fully saturated rings. The topological polar surface area (TPSA) is 110 Å². The molecule has 2 aromatic heterocycles. The number of methoxy groups -OCH3 is 1. The average Bonchev–Trinajstić information content (AvgIpc) is 3.02. The fourth-order valence-electron chi connectivity index (χ4n) is 3.14. The van der Waals surface area contributed by atoms with Crippen molar-refractivity contribution in [2.24, 2.45) is 0 Å². The normalized spacial score (nSPS) is 12.2. The van der Waals surface area contributed by atoms with Gasteiger partial charge in [0.1, 0.15) is 11.5 Å². The van der Waals surface area contributed by atoms with Crippen LogP contribution in [0, 0.1) is 13.8 Å². The standard InChI is InChI=1S/C19H21N3O5S/c1-5-22-16-7-6-13(27-19(23)24)8-14(16)21-18(22)28(25)10-15-12(3)17(26-4)11(2)9-20-15/h6-9H,5,10H2,1-4H3,(H,23,24). The zero-order chi connectivity index (χ0) is 20.4. The highest BCUT2D eigenvalue weighted by Gasteiger charge is 2.24. The van der Waals surface area contributed by atoms with E-state index in [-0.39, 0.29) is 11.5 Å². The second-order valence-electron chi connectivity index (χ2n) is 6.19. The van der Waals surface area contributed by atoms with Crippen LogP contribution in [0.3, 0.4) is 0 Å². The summed E-state index contributed by atoms with van der Waals surface area (Å²) >= 11 is -1.45. The molecule has 1 atom stereocenters. The van der Waals surface area contributed by atoms with Gasteiger partial charge in [0, 0.05) is 41.1 Å². The maximum absolute atomic E-state index is 13.1. The van der Waals surface area contributed by atoms with Gasteiger partial charge in [-0.15, -0.1) is 0 Å². The number of aryl methyl sites for hydroxylation is 2. The Hall–Kier alpha value is -2.78. The maximum Gasteiger partial charge on any atom is 0.511 e. The van der Waals surface area contributed by atoms with Crippen LogP contribution in [0.2, 0.25) is 0 Å². The zero-order valence-corrected chi connectivity index (χ0v) is 16.9. The fourth-order valence-corrected chi connectivity index (χ4v) is 4.48. The number of hydrogen-bond acceptors (Lipinski definition) is 6. The van der Waals surface area contributed by atoms with Crippen LogP contribution in [0.25, 0.3) is 11.0 Å². The Bertz CT molecular complexity index is 1030. The van der Waals surface area contributed by atoms with Gasteiger partial charge in [-0.2, -0.15) is 4.98 Å². The van der Waals surface area contributed by atoms with Crippen LogP contribution in [0.1, 0.15) is 23.7 Å². The summed E-state index contributed by atoms with van der Waals surface area (Å²) in [5, 5.41) is 9.18. The van der Waals surface area contributed by atoms with E-state index in [0.29, 0.717) is 22.9 Å². The lowest BCUT2D eigenvalue weighted by Gasteiger charge is -2.14. The van der Waals surface area contributed by atoms with E-state index in [1.807, 2.05) is 25.3 Å². The van der Waals surface area contributed by atoms with Crippen LogP contribution in [0.4, 0.5) is 4.79 Å². The molecule has 0 spiro atoms. The van der Waals surface area contributed by atoms with Crippen molar-refractivity contribution < 1.29 is 23.9 Å². The SMILES string of the molecule is CCn1c([S+]([O-])Cc2ncc(C)c(OC)c2C)nc2cc(OC(=O)O)ccc21. The number of carbonyl (C=O) groups is 1. The van der Waals surface area contributed by atoms with E-state index in [9.17, 15) is 9.35 Å². The molecule has 0 aliphatic carbocycles. The minimum Gasteiger partial charge on any atom is -0.609 e. The van der Waals surface area contributed by atoms with Crippen molar-refractivity contribution in [2.45, 2.75) is 38.2 Å². The summed E-state index contributed by atoms with van der Waals surface area (Å²) < 4.78 is 25.0. The molecule has 1 N–H and O–H groups in total. The van der Waals surface area contributed by atoms with Gasteiger partial charge in [-0.05, 0) is 32.9 Å². The molecule has 0 aliphatic heterocycles. The predicted molar refractivity (Wildman–Crippen MR) is 104 cm³/mol. The lowest BCUT2D eigenvalue weighted by atomic mass is 10.1. The summed E-state index contributed by atoms with van der Waals surface area (Å²) in [7, 11) is 1.60. The Morgan fingerprint density at radius 3 is 2.75 bits per heavy atom. The Morgan fingerprint density at radius 1 is 1.36 bits per heavy atom. The summed E-state index contributed by atoms with van der Waals surface area (Å²) in [5.41, 5.74) is 3.74. The smallest absolute Gasteiger partial charge is 0.511 e.